The topological polar surface area (TPSA) is 53.0 Å². The number of rotatable bonds is 3. The van der Waals surface area contributed by atoms with Gasteiger partial charge in [-0.3, -0.25) is 9.48 Å². The molecule has 0 unspecified atom stereocenters. The predicted octanol–water partition coefficient (Wildman–Crippen LogP) is 4.20. The fourth-order valence-corrected chi connectivity index (χ4v) is 3.65. The van der Waals surface area contributed by atoms with Gasteiger partial charge >= 0.3 is 0 Å². The van der Waals surface area contributed by atoms with Crippen LogP contribution in [0.1, 0.15) is 5.56 Å². The number of benzene rings is 2. The normalized spacial score (nSPS) is 11.4. The van der Waals surface area contributed by atoms with Gasteiger partial charge in [0.2, 0.25) is 0 Å². The highest BCUT2D eigenvalue weighted by Crippen LogP contribution is 2.35. The molecule has 0 spiro atoms. The van der Waals surface area contributed by atoms with Crippen LogP contribution in [0.5, 0.6) is 0 Å². The number of hydrogen-bond acceptors (Lipinski definition) is 3. The molecule has 0 fully saturated rings. The van der Waals surface area contributed by atoms with Crippen molar-refractivity contribution in [3.8, 4) is 11.3 Å². The second kappa shape index (κ2) is 5.99. The van der Waals surface area contributed by atoms with E-state index in [1.807, 2.05) is 71.5 Å². The van der Waals surface area contributed by atoms with E-state index in [9.17, 15) is 4.79 Å². The summed E-state index contributed by atoms with van der Waals surface area (Å²) in [7, 11) is 1.80. The molecule has 0 saturated heterocycles. The zero-order valence-electron chi connectivity index (χ0n) is 14.8. The minimum Gasteiger partial charge on any atom is -0.455 e. The molecule has 0 aliphatic carbocycles. The summed E-state index contributed by atoms with van der Waals surface area (Å²) >= 11 is 0. The molecule has 5 nitrogen and oxygen atoms in total. The molecule has 2 aromatic carbocycles. The van der Waals surface area contributed by atoms with E-state index in [1.165, 1.54) is 0 Å². The van der Waals surface area contributed by atoms with Crippen LogP contribution in [0.3, 0.4) is 0 Å². The van der Waals surface area contributed by atoms with Crippen molar-refractivity contribution >= 4 is 21.9 Å². The number of hydrogen-bond donors (Lipinski definition) is 0. The molecule has 0 bridgehead atoms. The Morgan fingerprint density at radius 2 is 1.78 bits per heavy atom. The third-order valence-electron chi connectivity index (χ3n) is 4.95. The number of aryl methyl sites for hydroxylation is 1. The van der Waals surface area contributed by atoms with Crippen LogP contribution in [0, 0.1) is 0 Å². The highest BCUT2D eigenvalue weighted by atomic mass is 16.3. The quantitative estimate of drug-likeness (QED) is 0.487. The molecule has 3 heterocycles. The molecule has 5 rings (SSSR count). The van der Waals surface area contributed by atoms with Crippen LogP contribution in [0.2, 0.25) is 0 Å². The van der Waals surface area contributed by atoms with Gasteiger partial charge in [0.15, 0.2) is 0 Å². The van der Waals surface area contributed by atoms with E-state index in [0.29, 0.717) is 17.5 Å². The Bertz CT molecular complexity index is 1310. The number of aromatic nitrogens is 3. The molecule has 0 aliphatic rings. The maximum atomic E-state index is 13.2. The summed E-state index contributed by atoms with van der Waals surface area (Å²) in [5, 5.41) is 5.86. The summed E-state index contributed by atoms with van der Waals surface area (Å²) in [4.78, 5) is 13.2. The zero-order chi connectivity index (χ0) is 18.4. The van der Waals surface area contributed by atoms with Crippen LogP contribution in [-0.2, 0) is 13.6 Å². The van der Waals surface area contributed by atoms with Crippen LogP contribution >= 0.6 is 0 Å². The average Bonchev–Trinajstić information content (AvgIpc) is 3.35. The lowest BCUT2D eigenvalue weighted by atomic mass is 10.0. The van der Waals surface area contributed by atoms with Gasteiger partial charge in [-0.1, -0.05) is 42.5 Å². The fourth-order valence-electron chi connectivity index (χ4n) is 3.65. The summed E-state index contributed by atoms with van der Waals surface area (Å²) in [5.41, 5.74) is 3.23. The minimum atomic E-state index is -0.0585. The lowest BCUT2D eigenvalue weighted by Gasteiger charge is -2.06. The predicted molar refractivity (Wildman–Crippen MR) is 106 cm³/mol. The monoisotopic (exact) mass is 355 g/mol. The number of pyridine rings is 1. The summed E-state index contributed by atoms with van der Waals surface area (Å²) in [6.45, 7) is 0.470. The molecule has 3 aromatic heterocycles. The Morgan fingerprint density at radius 1 is 1.00 bits per heavy atom. The van der Waals surface area contributed by atoms with Gasteiger partial charge in [-0.2, -0.15) is 5.10 Å². The van der Waals surface area contributed by atoms with Crippen molar-refractivity contribution in [3.63, 3.8) is 0 Å². The molecule has 27 heavy (non-hydrogen) atoms. The molecule has 0 N–H and O–H groups in total. The zero-order valence-corrected chi connectivity index (χ0v) is 14.8. The van der Waals surface area contributed by atoms with E-state index in [4.69, 9.17) is 4.42 Å². The lowest BCUT2D eigenvalue weighted by Crippen LogP contribution is -2.18. The van der Waals surface area contributed by atoms with Crippen molar-refractivity contribution in [1.82, 2.24) is 14.3 Å². The third kappa shape index (κ3) is 2.39. The number of nitrogens with zero attached hydrogens (tertiary/aromatic N) is 3. The summed E-state index contributed by atoms with van der Waals surface area (Å²) in [6, 6.07) is 19.6. The smallest absolute Gasteiger partial charge is 0.262 e. The first-order valence-corrected chi connectivity index (χ1v) is 8.80. The molecule has 132 valence electrons. The van der Waals surface area contributed by atoms with Crippen molar-refractivity contribution in [3.05, 3.63) is 89.0 Å². The van der Waals surface area contributed by atoms with Crippen LogP contribution < -0.4 is 5.56 Å². The Labute approximate surface area is 155 Å². The van der Waals surface area contributed by atoms with Crippen molar-refractivity contribution in [2.45, 2.75) is 6.54 Å². The van der Waals surface area contributed by atoms with Gasteiger partial charge in [0, 0.05) is 36.0 Å². The van der Waals surface area contributed by atoms with Crippen molar-refractivity contribution < 1.29 is 4.42 Å². The van der Waals surface area contributed by atoms with Crippen molar-refractivity contribution in [2.75, 3.05) is 0 Å². The van der Waals surface area contributed by atoms with E-state index in [1.54, 1.807) is 17.8 Å². The molecule has 0 atom stereocenters. The average molecular weight is 355 g/mol. The molecular weight excluding hydrogens is 338 g/mol. The van der Waals surface area contributed by atoms with Gasteiger partial charge in [0.25, 0.3) is 5.56 Å². The van der Waals surface area contributed by atoms with Gasteiger partial charge in [-0.05, 0) is 18.2 Å². The highest BCUT2D eigenvalue weighted by molar-refractivity contribution is 6.05. The highest BCUT2D eigenvalue weighted by Gasteiger charge is 2.22. The van der Waals surface area contributed by atoms with Crippen molar-refractivity contribution in [1.29, 1.82) is 0 Å². The van der Waals surface area contributed by atoms with Crippen LogP contribution in [0.15, 0.2) is 82.3 Å². The first kappa shape index (κ1) is 15.6. The molecule has 0 aliphatic heterocycles. The first-order chi connectivity index (χ1) is 13.2. The van der Waals surface area contributed by atoms with Crippen molar-refractivity contribution in [2.24, 2.45) is 7.05 Å². The van der Waals surface area contributed by atoms with Gasteiger partial charge in [0.1, 0.15) is 11.3 Å². The number of para-hydroxylation sites is 1. The van der Waals surface area contributed by atoms with Gasteiger partial charge in [-0.25, -0.2) is 0 Å². The summed E-state index contributed by atoms with van der Waals surface area (Å²) in [5.74, 6) is 0.717. The Kier molecular flexibility index (Phi) is 3.47. The van der Waals surface area contributed by atoms with Crippen LogP contribution in [0.4, 0.5) is 0 Å². The Morgan fingerprint density at radius 3 is 2.56 bits per heavy atom. The van der Waals surface area contributed by atoms with Gasteiger partial charge in [-0.15, -0.1) is 0 Å². The molecule has 0 amide bonds. The lowest BCUT2D eigenvalue weighted by molar-refractivity contribution is 0.618. The minimum absolute atomic E-state index is 0.0585. The van der Waals surface area contributed by atoms with Gasteiger partial charge < -0.3 is 8.98 Å². The molecular formula is C22H17N3O2. The second-order valence-electron chi connectivity index (χ2n) is 6.56. The van der Waals surface area contributed by atoms with E-state index in [2.05, 4.69) is 5.10 Å². The van der Waals surface area contributed by atoms with E-state index in [-0.39, 0.29) is 5.56 Å². The third-order valence-corrected chi connectivity index (χ3v) is 4.95. The fraction of sp³-hybridized carbons (Fsp3) is 0.0909. The molecule has 0 saturated carbocycles. The van der Waals surface area contributed by atoms with E-state index < -0.39 is 0 Å². The maximum absolute atomic E-state index is 13.2. The summed E-state index contributed by atoms with van der Waals surface area (Å²) in [6.07, 6.45) is 3.62. The second-order valence-corrected chi connectivity index (χ2v) is 6.56. The van der Waals surface area contributed by atoms with Crippen LogP contribution in [-0.4, -0.2) is 14.3 Å². The SMILES string of the molecule is Cn1c(=O)c2c(Cn3cccn3)c(-c3ccccc3)oc2c2ccccc21. The largest absolute Gasteiger partial charge is 0.455 e. The van der Waals surface area contributed by atoms with E-state index >= 15 is 0 Å². The standard InChI is InChI=1S/C22H17N3O2/c1-24-18-11-6-5-10-16(18)21-19(22(24)26)17(14-25-13-7-12-23-25)20(27-21)15-8-3-2-4-9-15/h2-13H,14H2,1H3. The number of furan rings is 1. The van der Waals surface area contributed by atoms with Crippen LogP contribution in [0.25, 0.3) is 33.2 Å². The van der Waals surface area contributed by atoms with E-state index in [0.717, 1.165) is 27.8 Å². The van der Waals surface area contributed by atoms with Gasteiger partial charge in [0.05, 0.1) is 17.4 Å². The summed E-state index contributed by atoms with van der Waals surface area (Å²) < 4.78 is 9.83. The Balaban J connectivity index is 1.92. The molecule has 5 heteroatoms. The molecule has 5 aromatic rings. The molecule has 0 radical (unpaired) electrons. The Hall–Kier alpha value is -3.60. The first-order valence-electron chi connectivity index (χ1n) is 8.80. The number of fused-ring (bicyclic) bond motifs is 3. The maximum Gasteiger partial charge on any atom is 0.262 e.